The molecule has 0 bridgehead atoms. The van der Waals surface area contributed by atoms with Crippen molar-refractivity contribution in [2.75, 3.05) is 19.6 Å². The summed E-state index contributed by atoms with van der Waals surface area (Å²) in [7, 11) is 0. The summed E-state index contributed by atoms with van der Waals surface area (Å²) in [6.45, 7) is 4.16. The summed E-state index contributed by atoms with van der Waals surface area (Å²) >= 11 is 3.29. The summed E-state index contributed by atoms with van der Waals surface area (Å²) < 4.78 is 2.62. The van der Waals surface area contributed by atoms with Gasteiger partial charge in [-0.2, -0.15) is 0 Å². The zero-order chi connectivity index (χ0) is 10.7. The molecule has 1 aromatic rings. The number of nitrogens with zero attached hydrogens (tertiary/aromatic N) is 2. The SMILES string of the molecule is O=c1cc(Br)ccn1CCN1CCCC1. The first-order valence-electron chi connectivity index (χ1n) is 5.34. The van der Waals surface area contributed by atoms with Gasteiger partial charge in [0.2, 0.25) is 0 Å². The van der Waals surface area contributed by atoms with Crippen molar-refractivity contribution in [1.29, 1.82) is 0 Å². The van der Waals surface area contributed by atoms with Gasteiger partial charge in [-0.05, 0) is 32.0 Å². The highest BCUT2D eigenvalue weighted by Crippen LogP contribution is 2.07. The second-order valence-corrected chi connectivity index (χ2v) is 4.84. The molecule has 2 heterocycles. The summed E-state index contributed by atoms with van der Waals surface area (Å²) in [5.41, 5.74) is 0.0728. The fourth-order valence-electron chi connectivity index (χ4n) is 1.92. The summed E-state index contributed by atoms with van der Waals surface area (Å²) in [4.78, 5) is 14.0. The monoisotopic (exact) mass is 270 g/mol. The molecular formula is C11H15BrN2O. The molecule has 0 spiro atoms. The van der Waals surface area contributed by atoms with Gasteiger partial charge in [0.25, 0.3) is 5.56 Å². The van der Waals surface area contributed by atoms with Crippen LogP contribution >= 0.6 is 15.9 Å². The molecule has 0 amide bonds. The van der Waals surface area contributed by atoms with E-state index in [0.717, 1.165) is 17.6 Å². The molecule has 1 fully saturated rings. The Morgan fingerprint density at radius 2 is 2.00 bits per heavy atom. The summed E-state index contributed by atoms with van der Waals surface area (Å²) in [6, 6.07) is 3.52. The minimum atomic E-state index is 0.0728. The van der Waals surface area contributed by atoms with Crippen molar-refractivity contribution in [3.05, 3.63) is 33.2 Å². The number of rotatable bonds is 3. The van der Waals surface area contributed by atoms with Crippen LogP contribution in [0.1, 0.15) is 12.8 Å². The Labute approximate surface area is 97.8 Å². The van der Waals surface area contributed by atoms with E-state index >= 15 is 0 Å². The Kier molecular flexibility index (Phi) is 3.59. The Morgan fingerprint density at radius 1 is 1.27 bits per heavy atom. The van der Waals surface area contributed by atoms with Crippen LogP contribution in [0.15, 0.2) is 27.6 Å². The van der Waals surface area contributed by atoms with Gasteiger partial charge in [-0.1, -0.05) is 15.9 Å². The predicted octanol–water partition coefficient (Wildman–Crippen LogP) is 1.71. The van der Waals surface area contributed by atoms with Gasteiger partial charge >= 0.3 is 0 Å². The van der Waals surface area contributed by atoms with Gasteiger partial charge < -0.3 is 9.47 Å². The van der Waals surface area contributed by atoms with Gasteiger partial charge in [0.1, 0.15) is 0 Å². The average molecular weight is 271 g/mol. The highest BCUT2D eigenvalue weighted by Gasteiger charge is 2.10. The molecule has 0 radical (unpaired) electrons. The fourth-order valence-corrected chi connectivity index (χ4v) is 2.24. The molecule has 0 atom stereocenters. The van der Waals surface area contributed by atoms with Crippen LogP contribution in [-0.4, -0.2) is 29.1 Å². The summed E-state index contributed by atoms with van der Waals surface area (Å²) in [6.07, 6.45) is 4.45. The van der Waals surface area contributed by atoms with Gasteiger partial charge in [-0.25, -0.2) is 0 Å². The van der Waals surface area contributed by atoms with E-state index in [1.165, 1.54) is 25.9 Å². The third-order valence-corrected chi connectivity index (χ3v) is 3.31. The number of hydrogen-bond donors (Lipinski definition) is 0. The summed E-state index contributed by atoms with van der Waals surface area (Å²) in [5.74, 6) is 0. The van der Waals surface area contributed by atoms with Crippen molar-refractivity contribution in [3.63, 3.8) is 0 Å². The van der Waals surface area contributed by atoms with Gasteiger partial charge in [0.15, 0.2) is 0 Å². The van der Waals surface area contributed by atoms with Crippen LogP contribution in [-0.2, 0) is 6.54 Å². The van der Waals surface area contributed by atoms with E-state index in [-0.39, 0.29) is 5.56 Å². The van der Waals surface area contributed by atoms with Crippen LogP contribution in [0.25, 0.3) is 0 Å². The molecule has 0 N–H and O–H groups in total. The molecule has 4 heteroatoms. The smallest absolute Gasteiger partial charge is 0.251 e. The molecule has 3 nitrogen and oxygen atoms in total. The fraction of sp³-hybridized carbons (Fsp3) is 0.545. The van der Waals surface area contributed by atoms with E-state index in [0.29, 0.717) is 0 Å². The molecule has 1 saturated heterocycles. The molecule has 82 valence electrons. The molecular weight excluding hydrogens is 256 g/mol. The topological polar surface area (TPSA) is 25.2 Å². The molecule has 1 aliphatic heterocycles. The van der Waals surface area contributed by atoms with E-state index in [1.807, 2.05) is 12.3 Å². The lowest BCUT2D eigenvalue weighted by Crippen LogP contribution is -2.28. The minimum Gasteiger partial charge on any atom is -0.314 e. The van der Waals surface area contributed by atoms with Crippen molar-refractivity contribution in [1.82, 2.24) is 9.47 Å². The van der Waals surface area contributed by atoms with Crippen LogP contribution in [0.5, 0.6) is 0 Å². The minimum absolute atomic E-state index is 0.0728. The molecule has 0 aliphatic carbocycles. The first-order chi connectivity index (χ1) is 7.25. The Bertz CT molecular complexity index is 382. The Hall–Kier alpha value is -0.610. The van der Waals surface area contributed by atoms with Gasteiger partial charge in [-0.15, -0.1) is 0 Å². The molecule has 1 aromatic heterocycles. The third kappa shape index (κ3) is 2.92. The highest BCUT2D eigenvalue weighted by atomic mass is 79.9. The summed E-state index contributed by atoms with van der Waals surface area (Å²) in [5, 5.41) is 0. The maximum atomic E-state index is 11.6. The molecule has 0 aromatic carbocycles. The molecule has 15 heavy (non-hydrogen) atoms. The van der Waals surface area contributed by atoms with Gasteiger partial charge in [0.05, 0.1) is 0 Å². The largest absolute Gasteiger partial charge is 0.314 e. The quantitative estimate of drug-likeness (QED) is 0.836. The van der Waals surface area contributed by atoms with E-state index in [9.17, 15) is 4.79 Å². The lowest BCUT2D eigenvalue weighted by atomic mass is 10.4. The van der Waals surface area contributed by atoms with Crippen LogP contribution in [0.2, 0.25) is 0 Å². The van der Waals surface area contributed by atoms with Crippen molar-refractivity contribution >= 4 is 15.9 Å². The lowest BCUT2D eigenvalue weighted by Gasteiger charge is -2.15. The molecule has 0 saturated carbocycles. The van der Waals surface area contributed by atoms with Crippen molar-refractivity contribution in [2.45, 2.75) is 19.4 Å². The molecule has 1 aliphatic rings. The number of halogens is 1. The average Bonchev–Trinajstić information content (AvgIpc) is 2.69. The van der Waals surface area contributed by atoms with Crippen LogP contribution < -0.4 is 5.56 Å². The Balaban J connectivity index is 1.95. The highest BCUT2D eigenvalue weighted by molar-refractivity contribution is 9.10. The zero-order valence-electron chi connectivity index (χ0n) is 8.66. The van der Waals surface area contributed by atoms with E-state index in [1.54, 1.807) is 10.6 Å². The number of likely N-dealkylation sites (tertiary alicyclic amines) is 1. The molecule has 0 unspecified atom stereocenters. The van der Waals surface area contributed by atoms with E-state index in [2.05, 4.69) is 20.8 Å². The molecule has 2 rings (SSSR count). The maximum Gasteiger partial charge on any atom is 0.251 e. The van der Waals surface area contributed by atoms with Crippen molar-refractivity contribution in [3.8, 4) is 0 Å². The van der Waals surface area contributed by atoms with Gasteiger partial charge in [0, 0.05) is 29.8 Å². The maximum absolute atomic E-state index is 11.6. The van der Waals surface area contributed by atoms with Crippen LogP contribution in [0.4, 0.5) is 0 Å². The van der Waals surface area contributed by atoms with Crippen LogP contribution in [0.3, 0.4) is 0 Å². The third-order valence-electron chi connectivity index (χ3n) is 2.81. The van der Waals surface area contributed by atoms with E-state index in [4.69, 9.17) is 0 Å². The predicted molar refractivity (Wildman–Crippen MR) is 64.1 cm³/mol. The van der Waals surface area contributed by atoms with Crippen LogP contribution in [0, 0.1) is 0 Å². The van der Waals surface area contributed by atoms with Crippen molar-refractivity contribution in [2.24, 2.45) is 0 Å². The number of pyridine rings is 1. The second-order valence-electron chi connectivity index (χ2n) is 3.93. The number of hydrogen-bond acceptors (Lipinski definition) is 2. The van der Waals surface area contributed by atoms with Gasteiger partial charge in [-0.3, -0.25) is 4.79 Å². The first kappa shape index (κ1) is 10.9. The normalized spacial score (nSPS) is 17.1. The lowest BCUT2D eigenvalue weighted by molar-refractivity contribution is 0.320. The zero-order valence-corrected chi connectivity index (χ0v) is 10.2. The first-order valence-corrected chi connectivity index (χ1v) is 6.13. The second kappa shape index (κ2) is 4.94. The standard InChI is InChI=1S/C11H15BrN2O/c12-10-3-6-14(11(15)9-10)8-7-13-4-1-2-5-13/h3,6,9H,1-2,4-5,7-8H2. The van der Waals surface area contributed by atoms with Crippen molar-refractivity contribution < 1.29 is 0 Å². The number of aromatic nitrogens is 1. The van der Waals surface area contributed by atoms with E-state index < -0.39 is 0 Å². The Morgan fingerprint density at radius 3 is 2.67 bits per heavy atom.